The number of aromatic nitrogens is 2. The van der Waals surface area contributed by atoms with Crippen LogP contribution in [-0.2, 0) is 26.4 Å². The number of guanidine groups is 1. The Labute approximate surface area is 129 Å². The molecule has 0 radical (unpaired) electrons. The Morgan fingerprint density at radius 2 is 1.90 bits per heavy atom. The average Bonchev–Trinajstić information content (AvgIpc) is 2.81. The van der Waals surface area contributed by atoms with E-state index < -0.39 is 0 Å². The van der Waals surface area contributed by atoms with Gasteiger partial charge >= 0.3 is 0 Å². The molecule has 5 nitrogen and oxygen atoms in total. The molecule has 120 valence electrons. The topological polar surface area (TPSA) is 54.2 Å². The highest BCUT2D eigenvalue weighted by molar-refractivity contribution is 5.79. The fourth-order valence-electron chi connectivity index (χ4n) is 2.57. The van der Waals surface area contributed by atoms with Gasteiger partial charge in [0.2, 0.25) is 0 Å². The van der Waals surface area contributed by atoms with Crippen LogP contribution in [0.5, 0.6) is 0 Å². The zero-order valence-electron chi connectivity index (χ0n) is 14.3. The summed E-state index contributed by atoms with van der Waals surface area (Å²) in [5.41, 5.74) is 3.81. The lowest BCUT2D eigenvalue weighted by molar-refractivity contribution is 0.681. The summed E-state index contributed by atoms with van der Waals surface area (Å²) in [4.78, 5) is 4.29. The number of unbranched alkanes of at least 4 members (excludes halogenated alkanes) is 2. The maximum Gasteiger partial charge on any atom is 0.191 e. The third-order valence-corrected chi connectivity index (χ3v) is 3.76. The highest BCUT2D eigenvalue weighted by Crippen LogP contribution is 2.15. The Bertz CT molecular complexity index is 448. The SMILES string of the molecule is CCCCCNC(=NC)NCc1c(CC)nn(C)c1CC. The van der Waals surface area contributed by atoms with Crippen molar-refractivity contribution >= 4 is 5.96 Å². The molecule has 21 heavy (non-hydrogen) atoms. The van der Waals surface area contributed by atoms with Gasteiger partial charge in [0.05, 0.1) is 5.69 Å². The van der Waals surface area contributed by atoms with E-state index >= 15 is 0 Å². The van der Waals surface area contributed by atoms with Crippen molar-refractivity contribution in [2.24, 2.45) is 12.0 Å². The molecule has 1 heterocycles. The molecule has 0 aliphatic rings. The molecule has 0 bridgehead atoms. The highest BCUT2D eigenvalue weighted by atomic mass is 15.3. The lowest BCUT2D eigenvalue weighted by atomic mass is 10.1. The van der Waals surface area contributed by atoms with Gasteiger partial charge in [0, 0.05) is 38.4 Å². The average molecular weight is 293 g/mol. The summed E-state index contributed by atoms with van der Waals surface area (Å²) in [5, 5.41) is 11.4. The second-order valence-electron chi connectivity index (χ2n) is 5.26. The summed E-state index contributed by atoms with van der Waals surface area (Å²) in [7, 11) is 3.85. The quantitative estimate of drug-likeness (QED) is 0.440. The molecule has 0 aliphatic heterocycles. The zero-order valence-corrected chi connectivity index (χ0v) is 14.3. The molecule has 2 N–H and O–H groups in total. The minimum atomic E-state index is 0.785. The van der Waals surface area contributed by atoms with Crippen molar-refractivity contribution in [1.29, 1.82) is 0 Å². The zero-order chi connectivity index (χ0) is 15.7. The number of nitrogens with zero attached hydrogens (tertiary/aromatic N) is 3. The minimum absolute atomic E-state index is 0.785. The van der Waals surface area contributed by atoms with Gasteiger partial charge in [-0.25, -0.2) is 0 Å². The molecule has 0 atom stereocenters. The van der Waals surface area contributed by atoms with Crippen molar-refractivity contribution in [3.8, 4) is 0 Å². The molecule has 1 aromatic heterocycles. The first kappa shape index (κ1) is 17.5. The van der Waals surface area contributed by atoms with Crippen molar-refractivity contribution in [3.63, 3.8) is 0 Å². The summed E-state index contributed by atoms with van der Waals surface area (Å²) in [6, 6.07) is 0. The molecule has 5 heteroatoms. The monoisotopic (exact) mass is 293 g/mol. The van der Waals surface area contributed by atoms with Gasteiger partial charge in [-0.2, -0.15) is 5.10 Å². The van der Waals surface area contributed by atoms with Crippen molar-refractivity contribution < 1.29 is 0 Å². The smallest absolute Gasteiger partial charge is 0.191 e. The van der Waals surface area contributed by atoms with E-state index in [1.54, 1.807) is 0 Å². The molecule has 0 aromatic carbocycles. The molecule has 0 amide bonds. The lowest BCUT2D eigenvalue weighted by Crippen LogP contribution is -2.37. The molecule has 0 saturated carbocycles. The van der Waals surface area contributed by atoms with Crippen LogP contribution in [0.4, 0.5) is 0 Å². The van der Waals surface area contributed by atoms with Gasteiger partial charge in [0.15, 0.2) is 5.96 Å². The van der Waals surface area contributed by atoms with E-state index in [0.29, 0.717) is 0 Å². The molecular weight excluding hydrogens is 262 g/mol. The van der Waals surface area contributed by atoms with E-state index in [0.717, 1.165) is 31.9 Å². The van der Waals surface area contributed by atoms with Crippen LogP contribution < -0.4 is 10.6 Å². The van der Waals surface area contributed by atoms with E-state index in [1.807, 2.05) is 18.8 Å². The Morgan fingerprint density at radius 1 is 1.14 bits per heavy atom. The summed E-state index contributed by atoms with van der Waals surface area (Å²) in [5.74, 6) is 0.874. The van der Waals surface area contributed by atoms with Crippen molar-refractivity contribution in [3.05, 3.63) is 17.0 Å². The van der Waals surface area contributed by atoms with E-state index in [1.165, 1.54) is 36.2 Å². The summed E-state index contributed by atoms with van der Waals surface area (Å²) >= 11 is 0. The number of rotatable bonds is 8. The van der Waals surface area contributed by atoms with Crippen molar-refractivity contribution in [2.45, 2.75) is 59.4 Å². The van der Waals surface area contributed by atoms with Crippen LogP contribution in [0.3, 0.4) is 0 Å². The Morgan fingerprint density at radius 3 is 2.48 bits per heavy atom. The van der Waals surface area contributed by atoms with Gasteiger partial charge in [-0.15, -0.1) is 0 Å². The number of aliphatic imine (C=N–C) groups is 1. The summed E-state index contributed by atoms with van der Waals surface area (Å²) < 4.78 is 2.01. The Hall–Kier alpha value is -1.52. The highest BCUT2D eigenvalue weighted by Gasteiger charge is 2.13. The third kappa shape index (κ3) is 5.06. The van der Waals surface area contributed by atoms with Gasteiger partial charge in [0.1, 0.15) is 0 Å². The second kappa shape index (κ2) is 9.42. The Balaban J connectivity index is 2.60. The van der Waals surface area contributed by atoms with Gasteiger partial charge in [0.25, 0.3) is 0 Å². The minimum Gasteiger partial charge on any atom is -0.356 e. The first-order valence-electron chi connectivity index (χ1n) is 8.15. The van der Waals surface area contributed by atoms with Crippen molar-refractivity contribution in [2.75, 3.05) is 13.6 Å². The molecule has 0 unspecified atom stereocenters. The van der Waals surface area contributed by atoms with Gasteiger partial charge in [-0.1, -0.05) is 33.6 Å². The first-order valence-corrected chi connectivity index (χ1v) is 8.15. The number of hydrogen-bond acceptors (Lipinski definition) is 2. The Kier molecular flexibility index (Phi) is 7.87. The molecule has 0 aliphatic carbocycles. The summed E-state index contributed by atoms with van der Waals surface area (Å²) in [6.45, 7) is 8.31. The van der Waals surface area contributed by atoms with Gasteiger partial charge < -0.3 is 10.6 Å². The van der Waals surface area contributed by atoms with Crippen LogP contribution in [0, 0.1) is 0 Å². The van der Waals surface area contributed by atoms with Crippen LogP contribution in [0.15, 0.2) is 4.99 Å². The van der Waals surface area contributed by atoms with E-state index in [2.05, 4.69) is 41.5 Å². The standard InChI is InChI=1S/C16H31N5/c1-6-9-10-11-18-16(17-4)19-12-13-14(7-2)20-21(5)15(13)8-3/h6-12H2,1-5H3,(H2,17,18,19). The lowest BCUT2D eigenvalue weighted by Gasteiger charge is -2.12. The summed E-state index contributed by atoms with van der Waals surface area (Å²) in [6.07, 6.45) is 5.65. The van der Waals surface area contributed by atoms with Crippen LogP contribution in [-0.4, -0.2) is 29.3 Å². The third-order valence-electron chi connectivity index (χ3n) is 3.76. The maximum atomic E-state index is 4.61. The molecule has 1 aromatic rings. The molecule has 0 fully saturated rings. The van der Waals surface area contributed by atoms with Crippen LogP contribution in [0.2, 0.25) is 0 Å². The van der Waals surface area contributed by atoms with E-state index in [-0.39, 0.29) is 0 Å². The normalized spacial score (nSPS) is 11.8. The fraction of sp³-hybridized carbons (Fsp3) is 0.750. The number of nitrogens with one attached hydrogen (secondary N) is 2. The molecule has 0 spiro atoms. The van der Waals surface area contributed by atoms with E-state index in [9.17, 15) is 0 Å². The second-order valence-corrected chi connectivity index (χ2v) is 5.26. The largest absolute Gasteiger partial charge is 0.356 e. The van der Waals surface area contributed by atoms with Crippen molar-refractivity contribution in [1.82, 2.24) is 20.4 Å². The molecular formula is C16H31N5. The molecule has 1 rings (SSSR count). The van der Waals surface area contributed by atoms with Crippen LogP contribution in [0.1, 0.15) is 57.0 Å². The molecule has 0 saturated heterocycles. The van der Waals surface area contributed by atoms with Crippen LogP contribution in [0.25, 0.3) is 0 Å². The van der Waals surface area contributed by atoms with Gasteiger partial charge in [-0.3, -0.25) is 9.67 Å². The predicted octanol–water partition coefficient (Wildman–Crippen LogP) is 2.40. The number of aryl methyl sites for hydroxylation is 2. The van der Waals surface area contributed by atoms with E-state index in [4.69, 9.17) is 0 Å². The van der Waals surface area contributed by atoms with Crippen LogP contribution >= 0.6 is 0 Å². The maximum absolute atomic E-state index is 4.61. The predicted molar refractivity (Wildman–Crippen MR) is 89.7 cm³/mol. The fourth-order valence-corrected chi connectivity index (χ4v) is 2.57. The first-order chi connectivity index (χ1) is 10.2. The van der Waals surface area contributed by atoms with Gasteiger partial charge in [-0.05, 0) is 19.3 Å². The number of hydrogen-bond donors (Lipinski definition) is 2.